The van der Waals surface area contributed by atoms with Gasteiger partial charge in [-0.15, -0.1) is 6.58 Å². The summed E-state index contributed by atoms with van der Waals surface area (Å²) in [6.07, 6.45) is 1.46. The topological polar surface area (TPSA) is 93.1 Å². The molecule has 3 rings (SSSR count). The highest BCUT2D eigenvalue weighted by atomic mass is 32.2. The minimum Gasteiger partial charge on any atom is -0.320 e. The second-order valence-corrected chi connectivity index (χ2v) is 8.24. The number of benzene rings is 2. The molecular formula is C21H22N4O3S. The number of para-hydroxylation sites is 2. The number of aromatic nitrogens is 2. The second-order valence-electron chi connectivity index (χ2n) is 6.48. The molecular weight excluding hydrogens is 388 g/mol. The molecule has 0 saturated carbocycles. The van der Waals surface area contributed by atoms with E-state index in [1.54, 1.807) is 10.7 Å². The van der Waals surface area contributed by atoms with Gasteiger partial charge in [0.2, 0.25) is 10.0 Å². The van der Waals surface area contributed by atoms with Crippen molar-refractivity contribution < 1.29 is 13.2 Å². The molecule has 0 atom stereocenters. The van der Waals surface area contributed by atoms with E-state index in [-0.39, 0.29) is 17.3 Å². The molecule has 0 bridgehead atoms. The van der Waals surface area contributed by atoms with Crippen molar-refractivity contribution in [3.05, 3.63) is 84.2 Å². The molecule has 7 nitrogen and oxygen atoms in total. The fourth-order valence-electron chi connectivity index (χ4n) is 2.87. The van der Waals surface area contributed by atoms with Crippen LogP contribution in [-0.4, -0.2) is 30.7 Å². The summed E-state index contributed by atoms with van der Waals surface area (Å²) in [7, 11) is -3.63. The lowest BCUT2D eigenvalue weighted by molar-refractivity contribution is 0.102. The van der Waals surface area contributed by atoms with Gasteiger partial charge in [-0.05, 0) is 56.3 Å². The van der Waals surface area contributed by atoms with Gasteiger partial charge in [-0.25, -0.2) is 17.8 Å². The molecule has 0 saturated heterocycles. The molecule has 0 aliphatic rings. The molecule has 3 aromatic rings. The van der Waals surface area contributed by atoms with Crippen LogP contribution in [-0.2, 0) is 10.0 Å². The van der Waals surface area contributed by atoms with E-state index in [9.17, 15) is 13.2 Å². The zero-order chi connectivity index (χ0) is 21.0. The van der Waals surface area contributed by atoms with E-state index < -0.39 is 10.0 Å². The van der Waals surface area contributed by atoms with Crippen LogP contribution < -0.4 is 10.0 Å². The van der Waals surface area contributed by atoms with Crippen molar-refractivity contribution in [1.82, 2.24) is 14.5 Å². The van der Waals surface area contributed by atoms with Gasteiger partial charge in [0, 0.05) is 17.8 Å². The summed E-state index contributed by atoms with van der Waals surface area (Å²) in [4.78, 5) is 12.8. The third kappa shape index (κ3) is 4.61. The van der Waals surface area contributed by atoms with E-state index in [1.165, 1.54) is 30.3 Å². The summed E-state index contributed by atoms with van der Waals surface area (Å²) in [5.41, 5.74) is 3.53. The van der Waals surface area contributed by atoms with Crippen LogP contribution in [0.3, 0.4) is 0 Å². The second kappa shape index (κ2) is 8.42. The molecule has 0 unspecified atom stereocenters. The first-order valence-corrected chi connectivity index (χ1v) is 10.4. The van der Waals surface area contributed by atoms with E-state index in [2.05, 4.69) is 21.7 Å². The number of nitrogens with one attached hydrogen (secondary N) is 2. The van der Waals surface area contributed by atoms with Gasteiger partial charge in [0.15, 0.2) is 0 Å². The third-order valence-corrected chi connectivity index (χ3v) is 5.67. The van der Waals surface area contributed by atoms with Gasteiger partial charge < -0.3 is 5.32 Å². The highest BCUT2D eigenvalue weighted by Crippen LogP contribution is 2.22. The summed E-state index contributed by atoms with van der Waals surface area (Å²) in [6, 6.07) is 15.1. The molecule has 0 aliphatic carbocycles. The maximum Gasteiger partial charge on any atom is 0.255 e. The Morgan fingerprint density at radius 1 is 1.14 bits per heavy atom. The van der Waals surface area contributed by atoms with E-state index in [0.717, 1.165) is 17.1 Å². The molecule has 0 aliphatic heterocycles. The lowest BCUT2D eigenvalue weighted by atomic mass is 10.2. The van der Waals surface area contributed by atoms with Crippen LogP contribution in [0.4, 0.5) is 5.69 Å². The van der Waals surface area contributed by atoms with Crippen LogP contribution in [0.1, 0.15) is 21.7 Å². The number of aryl methyl sites for hydroxylation is 2. The van der Waals surface area contributed by atoms with Crippen molar-refractivity contribution in [2.45, 2.75) is 18.7 Å². The van der Waals surface area contributed by atoms with Crippen molar-refractivity contribution in [3.8, 4) is 5.69 Å². The fraction of sp³-hybridized carbons (Fsp3) is 0.143. The first-order valence-electron chi connectivity index (χ1n) is 8.96. The van der Waals surface area contributed by atoms with E-state index >= 15 is 0 Å². The molecule has 2 aromatic carbocycles. The lowest BCUT2D eigenvalue weighted by Gasteiger charge is -2.13. The highest BCUT2D eigenvalue weighted by molar-refractivity contribution is 7.89. The minimum atomic E-state index is -3.63. The number of hydrogen-bond acceptors (Lipinski definition) is 4. The number of anilines is 1. The normalized spacial score (nSPS) is 11.2. The molecule has 150 valence electrons. The van der Waals surface area contributed by atoms with Crippen molar-refractivity contribution in [2.24, 2.45) is 0 Å². The molecule has 0 radical (unpaired) electrons. The lowest BCUT2D eigenvalue weighted by Crippen LogP contribution is -2.23. The van der Waals surface area contributed by atoms with Crippen molar-refractivity contribution >= 4 is 21.6 Å². The van der Waals surface area contributed by atoms with Crippen LogP contribution in [0.15, 0.2) is 72.1 Å². The molecule has 2 N–H and O–H groups in total. The molecule has 0 fully saturated rings. The smallest absolute Gasteiger partial charge is 0.255 e. The van der Waals surface area contributed by atoms with Gasteiger partial charge in [-0.2, -0.15) is 5.10 Å². The van der Waals surface area contributed by atoms with Crippen molar-refractivity contribution in [3.63, 3.8) is 0 Å². The minimum absolute atomic E-state index is 0.0824. The summed E-state index contributed by atoms with van der Waals surface area (Å²) in [5, 5.41) is 7.35. The van der Waals surface area contributed by atoms with E-state index in [1.807, 2.05) is 38.1 Å². The molecule has 1 amide bonds. The number of rotatable bonds is 7. The largest absolute Gasteiger partial charge is 0.320 e. The van der Waals surface area contributed by atoms with Crippen LogP contribution in [0, 0.1) is 13.8 Å². The average molecular weight is 410 g/mol. The van der Waals surface area contributed by atoms with E-state index in [0.29, 0.717) is 11.3 Å². The molecule has 29 heavy (non-hydrogen) atoms. The first kappa shape index (κ1) is 20.5. The Morgan fingerprint density at radius 3 is 2.45 bits per heavy atom. The van der Waals surface area contributed by atoms with Gasteiger partial charge in [0.25, 0.3) is 5.91 Å². The Bertz CT molecular complexity index is 1150. The monoisotopic (exact) mass is 410 g/mol. The maximum absolute atomic E-state index is 12.7. The fourth-order valence-corrected chi connectivity index (χ4v) is 3.87. The number of hydrogen-bond donors (Lipinski definition) is 2. The Labute approximate surface area is 170 Å². The SMILES string of the molecule is C=CCNS(=O)(=O)c1ccc(C(=O)Nc2ccccc2-n2nc(C)cc2C)cc1. The quantitative estimate of drug-likeness (QED) is 0.585. The number of carbonyl (C=O) groups excluding carboxylic acids is 1. The van der Waals surface area contributed by atoms with Gasteiger partial charge in [-0.3, -0.25) is 4.79 Å². The summed E-state index contributed by atoms with van der Waals surface area (Å²) in [5.74, 6) is -0.345. The molecule has 1 aromatic heterocycles. The Hall–Kier alpha value is -3.23. The summed E-state index contributed by atoms with van der Waals surface area (Å²) < 4.78 is 28.4. The van der Waals surface area contributed by atoms with Crippen molar-refractivity contribution in [2.75, 3.05) is 11.9 Å². The average Bonchev–Trinajstić information content (AvgIpc) is 3.04. The third-order valence-electron chi connectivity index (χ3n) is 4.23. The van der Waals surface area contributed by atoms with Crippen molar-refractivity contribution in [1.29, 1.82) is 0 Å². The Kier molecular flexibility index (Phi) is 5.95. The standard InChI is InChI=1S/C21H22N4O3S/c1-4-13-22-29(27,28)18-11-9-17(10-12-18)21(26)23-19-7-5-6-8-20(19)25-16(3)14-15(2)24-25/h4-12,14,22H,1,13H2,2-3H3,(H,23,26). The van der Waals surface area contributed by atoms with Crippen LogP contribution in [0.5, 0.6) is 0 Å². The Morgan fingerprint density at radius 2 is 1.83 bits per heavy atom. The number of carbonyl (C=O) groups is 1. The van der Waals surface area contributed by atoms with Crippen LogP contribution in [0.25, 0.3) is 5.69 Å². The van der Waals surface area contributed by atoms with Gasteiger partial charge in [0.1, 0.15) is 0 Å². The summed E-state index contributed by atoms with van der Waals surface area (Å²) in [6.45, 7) is 7.47. The van der Waals surface area contributed by atoms with Gasteiger partial charge in [0.05, 0.1) is 22.0 Å². The highest BCUT2D eigenvalue weighted by Gasteiger charge is 2.15. The predicted octanol–water partition coefficient (Wildman–Crippen LogP) is 3.21. The molecule has 0 spiro atoms. The van der Waals surface area contributed by atoms with Gasteiger partial charge >= 0.3 is 0 Å². The predicted molar refractivity (Wildman–Crippen MR) is 113 cm³/mol. The van der Waals surface area contributed by atoms with E-state index in [4.69, 9.17) is 0 Å². The Balaban J connectivity index is 1.83. The number of nitrogens with zero attached hydrogens (tertiary/aromatic N) is 2. The first-order chi connectivity index (χ1) is 13.8. The number of sulfonamides is 1. The number of amides is 1. The molecule has 8 heteroatoms. The summed E-state index contributed by atoms with van der Waals surface area (Å²) >= 11 is 0. The van der Waals surface area contributed by atoms with Gasteiger partial charge in [-0.1, -0.05) is 18.2 Å². The molecule has 1 heterocycles. The van der Waals surface area contributed by atoms with Crippen LogP contribution in [0.2, 0.25) is 0 Å². The zero-order valence-electron chi connectivity index (χ0n) is 16.2. The zero-order valence-corrected chi connectivity index (χ0v) is 17.0. The maximum atomic E-state index is 12.7. The van der Waals surface area contributed by atoms with Crippen LogP contribution >= 0.6 is 0 Å².